The quantitative estimate of drug-likeness (QED) is 0.659. The van der Waals surface area contributed by atoms with Gasteiger partial charge in [-0.2, -0.15) is 0 Å². The molecule has 0 radical (unpaired) electrons. The normalized spacial score (nSPS) is 12.7. The number of benzene rings is 1. The van der Waals surface area contributed by atoms with Crippen molar-refractivity contribution >= 4 is 24.2 Å². The first-order chi connectivity index (χ1) is 7.54. The van der Waals surface area contributed by atoms with Crippen LogP contribution in [0, 0.1) is 13.8 Å². The van der Waals surface area contributed by atoms with Crippen molar-refractivity contribution in [1.82, 2.24) is 0 Å². The first-order valence-corrected chi connectivity index (χ1v) is 9.70. The molecular weight excluding hydrogens is 292 g/mol. The van der Waals surface area contributed by atoms with Crippen molar-refractivity contribution in [2.24, 2.45) is 0 Å². The minimum absolute atomic E-state index is 0.235. The van der Waals surface area contributed by atoms with E-state index in [9.17, 15) is 0 Å². The molecule has 0 aliphatic heterocycles. The van der Waals surface area contributed by atoms with Gasteiger partial charge in [0.25, 0.3) is 8.32 Å². The van der Waals surface area contributed by atoms with Gasteiger partial charge >= 0.3 is 0 Å². The second-order valence-electron chi connectivity index (χ2n) is 6.23. The Morgan fingerprint density at radius 2 is 1.47 bits per heavy atom. The van der Waals surface area contributed by atoms with E-state index in [0.29, 0.717) is 0 Å². The predicted octanol–water partition coefficient (Wildman–Crippen LogP) is 5.45. The van der Waals surface area contributed by atoms with Crippen LogP contribution in [0.2, 0.25) is 18.1 Å². The Morgan fingerprint density at radius 3 is 1.82 bits per heavy atom. The maximum atomic E-state index is 6.40. The zero-order valence-corrected chi connectivity index (χ0v) is 14.5. The Labute approximate surface area is 115 Å². The van der Waals surface area contributed by atoms with Crippen molar-refractivity contribution in [2.45, 2.75) is 52.8 Å². The van der Waals surface area contributed by atoms with Crippen molar-refractivity contribution < 1.29 is 4.43 Å². The molecule has 0 aliphatic carbocycles. The fourth-order valence-electron chi connectivity index (χ4n) is 1.47. The number of halogens is 1. The van der Waals surface area contributed by atoms with E-state index in [1.165, 1.54) is 11.1 Å². The van der Waals surface area contributed by atoms with Crippen LogP contribution in [-0.2, 0) is 0 Å². The molecule has 3 heteroatoms. The van der Waals surface area contributed by atoms with Crippen LogP contribution in [0.3, 0.4) is 0 Å². The van der Waals surface area contributed by atoms with Crippen molar-refractivity contribution in [2.75, 3.05) is 0 Å². The Kier molecular flexibility index (Phi) is 4.15. The molecule has 0 N–H and O–H groups in total. The fourth-order valence-corrected chi connectivity index (χ4v) is 3.29. The number of rotatable bonds is 2. The molecule has 96 valence electrons. The second kappa shape index (κ2) is 4.77. The maximum absolute atomic E-state index is 6.40. The molecule has 0 aliphatic rings. The Balaban J connectivity index is 3.13. The molecule has 0 amide bonds. The zero-order valence-electron chi connectivity index (χ0n) is 11.9. The van der Waals surface area contributed by atoms with Crippen LogP contribution in [0.1, 0.15) is 31.9 Å². The largest absolute Gasteiger partial charge is 0.543 e. The van der Waals surface area contributed by atoms with E-state index < -0.39 is 8.32 Å². The lowest BCUT2D eigenvalue weighted by Gasteiger charge is -2.37. The summed E-state index contributed by atoms with van der Waals surface area (Å²) in [7, 11) is -1.74. The average molecular weight is 315 g/mol. The monoisotopic (exact) mass is 314 g/mol. The van der Waals surface area contributed by atoms with Crippen LogP contribution in [0.4, 0.5) is 0 Å². The van der Waals surface area contributed by atoms with Crippen LogP contribution in [0.25, 0.3) is 0 Å². The summed E-state index contributed by atoms with van der Waals surface area (Å²) in [5, 5.41) is 0.235. The van der Waals surface area contributed by atoms with Gasteiger partial charge in [-0.05, 0) is 55.2 Å². The number of aryl methyl sites for hydroxylation is 2. The highest BCUT2D eigenvalue weighted by Gasteiger charge is 2.39. The topological polar surface area (TPSA) is 9.23 Å². The van der Waals surface area contributed by atoms with Gasteiger partial charge in [0.05, 0.1) is 0 Å². The van der Waals surface area contributed by atoms with E-state index >= 15 is 0 Å². The van der Waals surface area contributed by atoms with E-state index in [2.05, 4.69) is 75.8 Å². The predicted molar refractivity (Wildman–Crippen MR) is 81.4 cm³/mol. The molecule has 17 heavy (non-hydrogen) atoms. The van der Waals surface area contributed by atoms with Gasteiger partial charge in [0.2, 0.25) is 0 Å². The molecule has 0 spiro atoms. The van der Waals surface area contributed by atoms with Gasteiger partial charge < -0.3 is 4.43 Å². The van der Waals surface area contributed by atoms with Crippen molar-refractivity contribution in [3.63, 3.8) is 0 Å². The summed E-state index contributed by atoms with van der Waals surface area (Å²) >= 11 is 3.52. The van der Waals surface area contributed by atoms with Gasteiger partial charge in [-0.3, -0.25) is 0 Å². The van der Waals surface area contributed by atoms with E-state index in [0.717, 1.165) is 10.2 Å². The summed E-state index contributed by atoms with van der Waals surface area (Å²) in [6, 6.07) is 4.24. The minimum Gasteiger partial charge on any atom is -0.543 e. The molecule has 0 heterocycles. The van der Waals surface area contributed by atoms with Gasteiger partial charge in [0, 0.05) is 4.47 Å². The van der Waals surface area contributed by atoms with Crippen LogP contribution in [0.5, 0.6) is 5.75 Å². The highest BCUT2D eigenvalue weighted by molar-refractivity contribution is 9.10. The van der Waals surface area contributed by atoms with Gasteiger partial charge in [-0.15, -0.1) is 0 Å². The first kappa shape index (κ1) is 14.8. The number of hydrogen-bond acceptors (Lipinski definition) is 1. The summed E-state index contributed by atoms with van der Waals surface area (Å²) < 4.78 is 7.52. The van der Waals surface area contributed by atoms with Crippen LogP contribution >= 0.6 is 15.9 Å². The first-order valence-electron chi connectivity index (χ1n) is 6.00. The lowest BCUT2D eigenvalue weighted by atomic mass is 10.1. The van der Waals surface area contributed by atoms with Crippen molar-refractivity contribution in [3.05, 3.63) is 27.7 Å². The Hall–Kier alpha value is -0.283. The van der Waals surface area contributed by atoms with Crippen molar-refractivity contribution in [1.29, 1.82) is 0 Å². The average Bonchev–Trinajstić information content (AvgIpc) is 2.09. The molecule has 1 aromatic rings. The minimum atomic E-state index is -1.74. The van der Waals surface area contributed by atoms with Gasteiger partial charge in [-0.1, -0.05) is 36.7 Å². The summed E-state index contributed by atoms with van der Waals surface area (Å²) in [5.74, 6) is 1.07. The maximum Gasteiger partial charge on any atom is 0.250 e. The van der Waals surface area contributed by atoms with Gasteiger partial charge in [0.15, 0.2) is 0 Å². The Morgan fingerprint density at radius 1 is 1.06 bits per heavy atom. The molecule has 1 rings (SSSR count). The second-order valence-corrected chi connectivity index (χ2v) is 11.9. The smallest absolute Gasteiger partial charge is 0.250 e. The van der Waals surface area contributed by atoms with Crippen molar-refractivity contribution in [3.8, 4) is 5.75 Å². The molecule has 0 aromatic heterocycles. The molecule has 0 atom stereocenters. The summed E-state index contributed by atoms with van der Waals surface area (Å²) in [6.45, 7) is 15.6. The third-order valence-electron chi connectivity index (χ3n) is 3.59. The Bertz CT molecular complexity index is 396. The summed E-state index contributed by atoms with van der Waals surface area (Å²) in [5.41, 5.74) is 2.42. The third kappa shape index (κ3) is 3.35. The van der Waals surface area contributed by atoms with Gasteiger partial charge in [-0.25, -0.2) is 0 Å². The number of hydrogen-bond donors (Lipinski definition) is 0. The third-order valence-corrected chi connectivity index (χ3v) is 8.37. The van der Waals surface area contributed by atoms with Crippen LogP contribution < -0.4 is 4.43 Å². The molecule has 0 saturated heterocycles. The molecule has 0 saturated carbocycles. The van der Waals surface area contributed by atoms with Crippen LogP contribution in [0.15, 0.2) is 16.6 Å². The molecular formula is C14H23BrOSi. The molecule has 1 nitrogen and oxygen atoms in total. The molecule has 1 aromatic carbocycles. The van der Waals surface area contributed by atoms with E-state index in [1.807, 2.05) is 0 Å². The lowest BCUT2D eigenvalue weighted by molar-refractivity contribution is 0.486. The molecule has 0 fully saturated rings. The standard InChI is InChI=1S/C14H23BrOSi/c1-10-8-12(15)9-11(2)13(10)16-17(6,7)14(3,4)5/h8-9H,1-7H3. The lowest BCUT2D eigenvalue weighted by Crippen LogP contribution is -2.44. The van der Waals surface area contributed by atoms with E-state index in [-0.39, 0.29) is 5.04 Å². The molecule has 0 unspecified atom stereocenters. The fraction of sp³-hybridized carbons (Fsp3) is 0.571. The molecule has 0 bridgehead atoms. The highest BCUT2D eigenvalue weighted by atomic mass is 79.9. The zero-order chi connectivity index (χ0) is 13.4. The summed E-state index contributed by atoms with van der Waals surface area (Å²) in [4.78, 5) is 0. The highest BCUT2D eigenvalue weighted by Crippen LogP contribution is 2.39. The van der Waals surface area contributed by atoms with E-state index in [4.69, 9.17) is 4.43 Å². The SMILES string of the molecule is Cc1cc(Br)cc(C)c1O[Si](C)(C)C(C)(C)C. The van der Waals surface area contributed by atoms with E-state index in [1.54, 1.807) is 0 Å². The van der Waals surface area contributed by atoms with Gasteiger partial charge in [0.1, 0.15) is 5.75 Å². The summed E-state index contributed by atoms with van der Waals surface area (Å²) in [6.07, 6.45) is 0. The van der Waals surface area contributed by atoms with Crippen LogP contribution in [-0.4, -0.2) is 8.32 Å².